The third kappa shape index (κ3) is 4.31. The topological polar surface area (TPSA) is 59.0 Å². The van der Waals surface area contributed by atoms with Crippen molar-refractivity contribution in [1.29, 1.82) is 0 Å². The normalized spacial score (nSPS) is 13.7. The summed E-state index contributed by atoms with van der Waals surface area (Å²) in [6.45, 7) is 6.04. The van der Waals surface area contributed by atoms with Crippen LogP contribution in [0.2, 0.25) is 0 Å². The van der Waals surface area contributed by atoms with Gasteiger partial charge >= 0.3 is 6.03 Å². The van der Waals surface area contributed by atoms with E-state index >= 15 is 0 Å². The van der Waals surface area contributed by atoms with E-state index < -0.39 is 6.04 Å². The highest BCUT2D eigenvalue weighted by molar-refractivity contribution is 5.75. The molecule has 2 unspecified atom stereocenters. The van der Waals surface area contributed by atoms with Crippen molar-refractivity contribution in [1.82, 2.24) is 20.2 Å². The Hall–Kier alpha value is -2.37. The number of imidazole rings is 1. The van der Waals surface area contributed by atoms with Gasteiger partial charge in [-0.15, -0.1) is 0 Å². The van der Waals surface area contributed by atoms with Crippen LogP contribution in [0.3, 0.4) is 0 Å². The number of carbonyl (C=O) groups is 1. The maximum atomic E-state index is 13.2. The highest BCUT2D eigenvalue weighted by Crippen LogP contribution is 2.20. The number of carbonyl (C=O) groups excluding carboxylic acids is 1. The first-order valence-corrected chi connectivity index (χ1v) is 7.68. The average molecular weight is 318 g/mol. The number of urea groups is 1. The van der Waals surface area contributed by atoms with Crippen molar-refractivity contribution in [3.8, 4) is 0 Å². The van der Waals surface area contributed by atoms with Gasteiger partial charge in [0.1, 0.15) is 17.7 Å². The van der Waals surface area contributed by atoms with Crippen LogP contribution in [0.4, 0.5) is 9.18 Å². The van der Waals surface area contributed by atoms with Gasteiger partial charge in [-0.05, 0) is 30.5 Å². The number of nitrogens with one attached hydrogen (secondary N) is 2. The van der Waals surface area contributed by atoms with E-state index in [-0.39, 0.29) is 17.9 Å². The zero-order chi connectivity index (χ0) is 17.0. The van der Waals surface area contributed by atoms with Crippen LogP contribution in [0, 0.1) is 11.7 Å². The van der Waals surface area contributed by atoms with Gasteiger partial charge in [0, 0.05) is 25.5 Å². The van der Waals surface area contributed by atoms with E-state index in [1.54, 1.807) is 18.3 Å². The minimum Gasteiger partial charge on any atom is -0.336 e. The summed E-state index contributed by atoms with van der Waals surface area (Å²) < 4.78 is 15.0. The fourth-order valence-electron chi connectivity index (χ4n) is 2.15. The first-order chi connectivity index (χ1) is 10.9. The molecule has 2 atom stereocenters. The second-order valence-electron chi connectivity index (χ2n) is 6.03. The number of hydrogen-bond acceptors (Lipinski definition) is 2. The van der Waals surface area contributed by atoms with E-state index in [1.165, 1.54) is 12.1 Å². The van der Waals surface area contributed by atoms with Crippen LogP contribution in [0.15, 0.2) is 36.7 Å². The van der Waals surface area contributed by atoms with Gasteiger partial charge in [0.05, 0.1) is 0 Å². The molecule has 23 heavy (non-hydrogen) atoms. The molecule has 0 radical (unpaired) electrons. The summed E-state index contributed by atoms with van der Waals surface area (Å²) in [5, 5.41) is 5.84. The molecule has 0 aliphatic carbocycles. The average Bonchev–Trinajstić information content (AvgIpc) is 2.91. The summed E-state index contributed by atoms with van der Waals surface area (Å²) >= 11 is 0. The van der Waals surface area contributed by atoms with E-state index in [0.717, 1.165) is 5.56 Å². The van der Waals surface area contributed by atoms with Gasteiger partial charge in [-0.2, -0.15) is 0 Å². The molecule has 2 amide bonds. The lowest BCUT2D eigenvalue weighted by molar-refractivity contribution is 0.231. The smallest absolute Gasteiger partial charge is 0.315 e. The Morgan fingerprint density at radius 2 is 1.83 bits per heavy atom. The molecule has 0 aliphatic rings. The van der Waals surface area contributed by atoms with Crippen LogP contribution < -0.4 is 10.6 Å². The van der Waals surface area contributed by atoms with Crippen molar-refractivity contribution >= 4 is 6.03 Å². The number of aromatic nitrogens is 2. The summed E-state index contributed by atoms with van der Waals surface area (Å²) in [6, 6.07) is 5.38. The van der Waals surface area contributed by atoms with E-state index in [0.29, 0.717) is 11.7 Å². The Kier molecular flexibility index (Phi) is 5.36. The van der Waals surface area contributed by atoms with Gasteiger partial charge in [0.15, 0.2) is 0 Å². The molecule has 1 heterocycles. The van der Waals surface area contributed by atoms with Gasteiger partial charge in [-0.3, -0.25) is 0 Å². The van der Waals surface area contributed by atoms with E-state index in [2.05, 4.69) is 15.6 Å². The number of amides is 2. The molecular weight excluding hydrogens is 295 g/mol. The fourth-order valence-corrected chi connectivity index (χ4v) is 2.15. The van der Waals surface area contributed by atoms with E-state index in [1.807, 2.05) is 38.6 Å². The molecule has 0 spiro atoms. The molecule has 0 fully saturated rings. The molecule has 0 bridgehead atoms. The Morgan fingerprint density at radius 3 is 2.35 bits per heavy atom. The Bertz CT molecular complexity index is 651. The zero-order valence-corrected chi connectivity index (χ0v) is 13.9. The van der Waals surface area contributed by atoms with Crippen LogP contribution in [0.25, 0.3) is 0 Å². The Morgan fingerprint density at radius 1 is 1.17 bits per heavy atom. The molecule has 2 N–H and O–H groups in total. The molecule has 1 aromatic carbocycles. The highest BCUT2D eigenvalue weighted by Gasteiger charge is 2.22. The largest absolute Gasteiger partial charge is 0.336 e. The first-order valence-electron chi connectivity index (χ1n) is 7.68. The van der Waals surface area contributed by atoms with Crippen LogP contribution in [0.5, 0.6) is 0 Å². The van der Waals surface area contributed by atoms with Gasteiger partial charge < -0.3 is 15.2 Å². The predicted molar refractivity (Wildman–Crippen MR) is 87.4 cm³/mol. The Balaban J connectivity index is 2.23. The van der Waals surface area contributed by atoms with Gasteiger partial charge in [-0.1, -0.05) is 26.0 Å². The van der Waals surface area contributed by atoms with Crippen LogP contribution in [-0.4, -0.2) is 21.6 Å². The summed E-state index contributed by atoms with van der Waals surface area (Å²) in [7, 11) is 1.86. The zero-order valence-electron chi connectivity index (χ0n) is 13.9. The standard InChI is InChI=1S/C17H23FN4O/c1-11(2)12(3)20-17(23)21-15(16-19-9-10-22(16)4)13-5-7-14(18)8-6-13/h5-12,15H,1-4H3,(H2,20,21,23). The Labute approximate surface area is 135 Å². The monoisotopic (exact) mass is 318 g/mol. The molecule has 6 heteroatoms. The molecule has 0 aliphatic heterocycles. The van der Waals surface area contributed by atoms with Crippen LogP contribution in [0.1, 0.15) is 38.2 Å². The number of nitrogens with zero attached hydrogens (tertiary/aromatic N) is 2. The maximum Gasteiger partial charge on any atom is 0.315 e. The minimum atomic E-state index is -0.449. The quantitative estimate of drug-likeness (QED) is 0.890. The molecule has 2 aromatic rings. The number of hydrogen-bond donors (Lipinski definition) is 2. The van der Waals surface area contributed by atoms with Crippen LogP contribution in [-0.2, 0) is 7.05 Å². The lowest BCUT2D eigenvalue weighted by atomic mass is 10.1. The molecule has 1 aromatic heterocycles. The summed E-state index contributed by atoms with van der Waals surface area (Å²) in [4.78, 5) is 16.6. The van der Waals surface area contributed by atoms with Crippen molar-refractivity contribution in [3.63, 3.8) is 0 Å². The number of aryl methyl sites for hydroxylation is 1. The predicted octanol–water partition coefficient (Wildman–Crippen LogP) is 2.99. The van der Waals surface area contributed by atoms with E-state index in [9.17, 15) is 9.18 Å². The lowest BCUT2D eigenvalue weighted by Gasteiger charge is -2.22. The number of halogens is 1. The summed E-state index contributed by atoms with van der Waals surface area (Å²) in [5.74, 6) is 0.701. The number of benzene rings is 1. The SMILES string of the molecule is CC(C)C(C)NC(=O)NC(c1ccc(F)cc1)c1nccn1C. The fraction of sp³-hybridized carbons (Fsp3) is 0.412. The second-order valence-corrected chi connectivity index (χ2v) is 6.03. The van der Waals surface area contributed by atoms with E-state index in [4.69, 9.17) is 0 Å². The van der Waals surface area contributed by atoms with Crippen molar-refractivity contribution in [2.45, 2.75) is 32.9 Å². The highest BCUT2D eigenvalue weighted by atomic mass is 19.1. The molecule has 0 saturated carbocycles. The minimum absolute atomic E-state index is 0.0465. The summed E-state index contributed by atoms with van der Waals surface area (Å²) in [5.41, 5.74) is 0.771. The third-order valence-corrected chi connectivity index (χ3v) is 3.95. The first kappa shape index (κ1) is 17.0. The molecular formula is C17H23FN4O. The second kappa shape index (κ2) is 7.26. The van der Waals surface area contributed by atoms with Gasteiger partial charge in [-0.25, -0.2) is 14.2 Å². The van der Waals surface area contributed by atoms with Crippen molar-refractivity contribution in [2.24, 2.45) is 13.0 Å². The van der Waals surface area contributed by atoms with Crippen molar-refractivity contribution < 1.29 is 9.18 Å². The maximum absolute atomic E-state index is 13.2. The van der Waals surface area contributed by atoms with Crippen LogP contribution >= 0.6 is 0 Å². The molecule has 2 rings (SSSR count). The van der Waals surface area contributed by atoms with Gasteiger partial charge in [0.25, 0.3) is 0 Å². The molecule has 124 valence electrons. The van der Waals surface area contributed by atoms with Gasteiger partial charge in [0.2, 0.25) is 0 Å². The summed E-state index contributed by atoms with van der Waals surface area (Å²) in [6.07, 6.45) is 3.48. The lowest BCUT2D eigenvalue weighted by Crippen LogP contribution is -2.44. The molecule has 5 nitrogen and oxygen atoms in total. The number of rotatable bonds is 5. The molecule has 0 saturated heterocycles. The van der Waals surface area contributed by atoms with Crippen molar-refractivity contribution in [3.05, 3.63) is 53.9 Å². The van der Waals surface area contributed by atoms with Crippen molar-refractivity contribution in [2.75, 3.05) is 0 Å². The third-order valence-electron chi connectivity index (χ3n) is 3.95.